The zero-order valence-electron chi connectivity index (χ0n) is 9.64. The summed E-state index contributed by atoms with van der Waals surface area (Å²) in [6.07, 6.45) is 2.36. The second kappa shape index (κ2) is 4.56. The molecule has 1 aliphatic carbocycles. The third kappa shape index (κ3) is 2.97. The van der Waals surface area contributed by atoms with Gasteiger partial charge in [0.1, 0.15) is 4.33 Å². The lowest BCUT2D eigenvalue weighted by Gasteiger charge is -2.23. The lowest BCUT2D eigenvalue weighted by molar-refractivity contribution is -0.126. The molecule has 2 unspecified atom stereocenters. The Labute approximate surface area is 110 Å². The third-order valence-corrected chi connectivity index (χ3v) is 4.86. The monoisotopic (exact) mass is 285 g/mol. The normalized spacial score (nSPS) is 30.6. The minimum absolute atomic E-state index is 0.195. The molecule has 0 aliphatic heterocycles. The quantitative estimate of drug-likeness (QED) is 0.758. The van der Waals surface area contributed by atoms with Gasteiger partial charge >= 0.3 is 0 Å². The van der Waals surface area contributed by atoms with Crippen LogP contribution in [0.4, 0.5) is 0 Å². The van der Waals surface area contributed by atoms with E-state index in [1.807, 2.05) is 6.26 Å². The van der Waals surface area contributed by atoms with Crippen LogP contribution in [0.5, 0.6) is 0 Å². The van der Waals surface area contributed by atoms with E-state index >= 15 is 0 Å². The van der Waals surface area contributed by atoms with Crippen LogP contribution in [-0.2, 0) is 4.79 Å². The highest BCUT2D eigenvalue weighted by Crippen LogP contribution is 2.63. The lowest BCUT2D eigenvalue weighted by Crippen LogP contribution is -2.45. The van der Waals surface area contributed by atoms with Gasteiger partial charge in [-0.3, -0.25) is 4.79 Å². The van der Waals surface area contributed by atoms with Crippen molar-refractivity contribution in [1.29, 1.82) is 0 Å². The third-order valence-electron chi connectivity index (χ3n) is 2.84. The number of rotatable bonds is 5. The summed E-state index contributed by atoms with van der Waals surface area (Å²) in [5, 5.41) is 12.6. The van der Waals surface area contributed by atoms with Crippen molar-refractivity contribution in [2.24, 2.45) is 5.41 Å². The van der Waals surface area contributed by atoms with Crippen molar-refractivity contribution in [3.8, 4) is 0 Å². The predicted octanol–water partition coefficient (Wildman–Crippen LogP) is 1.80. The van der Waals surface area contributed by atoms with E-state index in [4.69, 9.17) is 23.2 Å². The molecule has 0 aromatic carbocycles. The van der Waals surface area contributed by atoms with Gasteiger partial charge in [0.2, 0.25) is 5.91 Å². The van der Waals surface area contributed by atoms with E-state index in [9.17, 15) is 9.90 Å². The summed E-state index contributed by atoms with van der Waals surface area (Å²) in [5.41, 5.74) is -1.62. The number of hydrogen-bond donors (Lipinski definition) is 2. The van der Waals surface area contributed by atoms with Gasteiger partial charge in [0.15, 0.2) is 0 Å². The van der Waals surface area contributed by atoms with Gasteiger partial charge in [-0.25, -0.2) is 0 Å². The molecule has 94 valence electrons. The van der Waals surface area contributed by atoms with E-state index in [1.165, 1.54) is 11.8 Å². The molecule has 1 saturated carbocycles. The van der Waals surface area contributed by atoms with Crippen LogP contribution in [0.2, 0.25) is 0 Å². The molecule has 1 fully saturated rings. The maximum atomic E-state index is 11.8. The van der Waals surface area contributed by atoms with Gasteiger partial charge in [-0.2, -0.15) is 11.8 Å². The van der Waals surface area contributed by atoms with Crippen LogP contribution < -0.4 is 5.32 Å². The summed E-state index contributed by atoms with van der Waals surface area (Å²) in [7, 11) is 0. The number of carbonyl (C=O) groups is 1. The molecule has 2 atom stereocenters. The van der Waals surface area contributed by atoms with Crippen molar-refractivity contribution in [3.63, 3.8) is 0 Å². The Morgan fingerprint density at radius 1 is 1.62 bits per heavy atom. The molecule has 3 nitrogen and oxygen atoms in total. The molecule has 1 aliphatic rings. The van der Waals surface area contributed by atoms with Crippen LogP contribution in [0.25, 0.3) is 0 Å². The van der Waals surface area contributed by atoms with Crippen LogP contribution in [0.1, 0.15) is 20.3 Å². The number of aliphatic hydroxyl groups is 1. The summed E-state index contributed by atoms with van der Waals surface area (Å²) in [6, 6.07) is 0. The number of halogens is 2. The molecule has 0 spiro atoms. The van der Waals surface area contributed by atoms with Gasteiger partial charge in [0, 0.05) is 12.3 Å². The molecule has 0 saturated heterocycles. The van der Waals surface area contributed by atoms with E-state index in [0.717, 1.165) is 0 Å². The van der Waals surface area contributed by atoms with Crippen LogP contribution in [0.15, 0.2) is 0 Å². The van der Waals surface area contributed by atoms with Crippen molar-refractivity contribution in [2.75, 3.05) is 18.6 Å². The highest BCUT2D eigenvalue weighted by molar-refractivity contribution is 7.98. The molecule has 1 rings (SSSR count). The molecule has 2 N–H and O–H groups in total. The first kappa shape index (κ1) is 14.4. The first-order chi connectivity index (χ1) is 7.15. The Balaban J connectivity index is 2.43. The second-order valence-electron chi connectivity index (χ2n) is 4.83. The SMILES string of the molecule is CSCC(C)(O)CNC(=O)C1(C)CC1(Cl)Cl. The lowest BCUT2D eigenvalue weighted by atomic mass is 10.1. The van der Waals surface area contributed by atoms with E-state index < -0.39 is 15.3 Å². The summed E-state index contributed by atoms with van der Waals surface area (Å²) in [6.45, 7) is 3.63. The fourth-order valence-corrected chi connectivity index (χ4v) is 2.90. The molecule has 16 heavy (non-hydrogen) atoms. The standard InChI is InChI=1S/C10H17Cl2NO2S/c1-8(15,6-16-3)5-13-7(14)9(2)4-10(9,11)12/h15H,4-6H2,1-3H3,(H,13,14). The van der Waals surface area contributed by atoms with Gasteiger partial charge in [-0.15, -0.1) is 23.2 Å². The van der Waals surface area contributed by atoms with Gasteiger partial charge in [0.05, 0.1) is 11.0 Å². The Bertz CT molecular complexity index is 297. The van der Waals surface area contributed by atoms with Crippen molar-refractivity contribution in [3.05, 3.63) is 0 Å². The number of hydrogen-bond acceptors (Lipinski definition) is 3. The fourth-order valence-electron chi connectivity index (χ4n) is 1.47. The van der Waals surface area contributed by atoms with Crippen molar-refractivity contribution in [2.45, 2.75) is 30.2 Å². The minimum atomic E-state index is -0.956. The van der Waals surface area contributed by atoms with Crippen LogP contribution in [0, 0.1) is 5.41 Å². The molecular formula is C10H17Cl2NO2S. The van der Waals surface area contributed by atoms with Gasteiger partial charge in [-0.05, 0) is 26.5 Å². The average molecular weight is 286 g/mol. The smallest absolute Gasteiger partial charge is 0.229 e. The Morgan fingerprint density at radius 2 is 2.12 bits per heavy atom. The van der Waals surface area contributed by atoms with Crippen molar-refractivity contribution in [1.82, 2.24) is 5.32 Å². The number of thioether (sulfide) groups is 1. The van der Waals surface area contributed by atoms with Crippen LogP contribution >= 0.6 is 35.0 Å². The average Bonchev–Trinajstić information content (AvgIpc) is 2.63. The molecule has 0 heterocycles. The van der Waals surface area contributed by atoms with Crippen molar-refractivity contribution >= 4 is 40.9 Å². The molecular weight excluding hydrogens is 269 g/mol. The summed E-state index contributed by atoms with van der Waals surface area (Å²) in [4.78, 5) is 11.8. The maximum Gasteiger partial charge on any atom is 0.229 e. The Morgan fingerprint density at radius 3 is 2.50 bits per heavy atom. The van der Waals surface area contributed by atoms with Crippen molar-refractivity contribution < 1.29 is 9.90 Å². The molecule has 0 aromatic heterocycles. The van der Waals surface area contributed by atoms with E-state index in [0.29, 0.717) is 12.2 Å². The topological polar surface area (TPSA) is 49.3 Å². The summed E-state index contributed by atoms with van der Waals surface area (Å²) >= 11 is 13.3. The number of amides is 1. The highest BCUT2D eigenvalue weighted by atomic mass is 35.5. The largest absolute Gasteiger partial charge is 0.387 e. The number of nitrogens with one attached hydrogen (secondary N) is 1. The Kier molecular flexibility index (Phi) is 4.11. The maximum absolute atomic E-state index is 11.8. The highest BCUT2D eigenvalue weighted by Gasteiger charge is 2.67. The first-order valence-corrected chi connectivity index (χ1v) is 7.17. The molecule has 1 amide bonds. The molecule has 0 bridgehead atoms. The van der Waals surface area contributed by atoms with Gasteiger partial charge < -0.3 is 10.4 Å². The number of alkyl halides is 2. The molecule has 6 heteroatoms. The summed E-state index contributed by atoms with van der Waals surface area (Å²) in [5.74, 6) is 0.371. The molecule has 0 aromatic rings. The van der Waals surface area contributed by atoms with E-state index in [1.54, 1.807) is 13.8 Å². The zero-order valence-corrected chi connectivity index (χ0v) is 12.0. The van der Waals surface area contributed by atoms with E-state index in [-0.39, 0.29) is 12.5 Å². The minimum Gasteiger partial charge on any atom is -0.387 e. The van der Waals surface area contributed by atoms with Crippen LogP contribution in [-0.4, -0.2) is 39.5 Å². The Hall–Kier alpha value is 0.360. The van der Waals surface area contributed by atoms with Crippen LogP contribution in [0.3, 0.4) is 0 Å². The first-order valence-electron chi connectivity index (χ1n) is 5.02. The second-order valence-corrected chi connectivity index (χ2v) is 7.18. The number of carbonyl (C=O) groups excluding carboxylic acids is 1. The predicted molar refractivity (Wildman–Crippen MR) is 69.2 cm³/mol. The molecule has 0 radical (unpaired) electrons. The van der Waals surface area contributed by atoms with Gasteiger partial charge in [-0.1, -0.05) is 0 Å². The van der Waals surface area contributed by atoms with Gasteiger partial charge in [0.25, 0.3) is 0 Å². The van der Waals surface area contributed by atoms with E-state index in [2.05, 4.69) is 5.32 Å². The zero-order chi connectivity index (χ0) is 12.6. The fraction of sp³-hybridized carbons (Fsp3) is 0.900. The summed E-state index contributed by atoms with van der Waals surface area (Å²) < 4.78 is -0.956.